The van der Waals surface area contributed by atoms with E-state index in [1.807, 2.05) is 12.1 Å². The second kappa shape index (κ2) is 9.47. The maximum Gasteiger partial charge on any atom is 0.193 e. The first kappa shape index (κ1) is 21.3. The van der Waals surface area contributed by atoms with E-state index in [9.17, 15) is 9.18 Å². The first-order chi connectivity index (χ1) is 16.1. The summed E-state index contributed by atoms with van der Waals surface area (Å²) in [4.78, 5) is 12.8. The highest BCUT2D eigenvalue weighted by Gasteiger charge is 2.11. The number of carbonyl (C=O) groups is 1. The van der Waals surface area contributed by atoms with Crippen molar-refractivity contribution in [3.8, 4) is 35.1 Å². The number of hydrogen-bond donors (Lipinski definition) is 0. The molecule has 0 radical (unpaired) electrons. The molecule has 0 bridgehead atoms. The van der Waals surface area contributed by atoms with Crippen molar-refractivity contribution in [1.82, 2.24) is 0 Å². The molecule has 0 aliphatic carbocycles. The van der Waals surface area contributed by atoms with Crippen LogP contribution in [0.3, 0.4) is 0 Å². The first-order valence-corrected chi connectivity index (χ1v) is 9.86. The molecule has 0 aromatic heterocycles. The average molecular weight is 434 g/mol. The zero-order valence-corrected chi connectivity index (χ0v) is 17.2. The molecule has 0 spiro atoms. The summed E-state index contributed by atoms with van der Waals surface area (Å²) in [7, 11) is 0. The molecule has 0 aliphatic rings. The Hall–Kier alpha value is -4.94. The second-order valence-electron chi connectivity index (χ2n) is 6.97. The lowest BCUT2D eigenvalue weighted by Crippen LogP contribution is -2.01. The molecule has 0 saturated heterocycles. The largest absolute Gasteiger partial charge is 0.457 e. The van der Waals surface area contributed by atoms with Crippen LogP contribution in [0.2, 0.25) is 0 Å². The molecule has 33 heavy (non-hydrogen) atoms. The van der Waals surface area contributed by atoms with Crippen molar-refractivity contribution < 1.29 is 18.7 Å². The van der Waals surface area contributed by atoms with Crippen LogP contribution < -0.4 is 9.47 Å². The van der Waals surface area contributed by atoms with Gasteiger partial charge in [-0.25, -0.2) is 4.39 Å². The average Bonchev–Trinajstić information content (AvgIpc) is 2.86. The molecule has 6 heteroatoms. The highest BCUT2D eigenvalue weighted by atomic mass is 19.1. The van der Waals surface area contributed by atoms with Crippen molar-refractivity contribution in [2.45, 2.75) is 0 Å². The van der Waals surface area contributed by atoms with Gasteiger partial charge < -0.3 is 9.47 Å². The minimum Gasteiger partial charge on any atom is -0.457 e. The topological polar surface area (TPSA) is 83.1 Å². The van der Waals surface area contributed by atoms with Crippen molar-refractivity contribution in [1.29, 1.82) is 10.5 Å². The summed E-state index contributed by atoms with van der Waals surface area (Å²) in [5.74, 6) is 1.42. The second-order valence-corrected chi connectivity index (χ2v) is 6.97. The zero-order valence-electron chi connectivity index (χ0n) is 17.2. The predicted octanol–water partition coefficient (Wildman–Crippen LogP) is 6.38. The number of ether oxygens (including phenoxy) is 2. The monoisotopic (exact) mass is 434 g/mol. The number of hydrogen-bond acceptors (Lipinski definition) is 5. The van der Waals surface area contributed by atoms with E-state index in [2.05, 4.69) is 0 Å². The summed E-state index contributed by atoms with van der Waals surface area (Å²) in [6.45, 7) is 0. The van der Waals surface area contributed by atoms with Crippen LogP contribution in [0.1, 0.15) is 27.0 Å². The summed E-state index contributed by atoms with van der Waals surface area (Å²) < 4.78 is 24.4. The minimum atomic E-state index is -0.344. The molecule has 4 aromatic carbocycles. The Morgan fingerprint density at radius 2 is 1.03 bits per heavy atom. The molecule has 0 aliphatic heterocycles. The fourth-order valence-corrected chi connectivity index (χ4v) is 3.07. The Balaban J connectivity index is 1.43. The molecular weight excluding hydrogens is 419 g/mol. The Morgan fingerprint density at radius 1 is 0.606 bits per heavy atom. The molecule has 4 aromatic rings. The fourth-order valence-electron chi connectivity index (χ4n) is 3.07. The molecule has 0 heterocycles. The number of benzene rings is 4. The van der Waals surface area contributed by atoms with Crippen molar-refractivity contribution in [2.75, 3.05) is 0 Å². The summed E-state index contributed by atoms with van der Waals surface area (Å²) in [6.07, 6.45) is 0. The van der Waals surface area contributed by atoms with Gasteiger partial charge in [0.15, 0.2) is 5.78 Å². The SMILES string of the molecule is N#Cc1ccc(Oc2ccc(C(=O)c3ccc(Oc4ccc(F)cc4)cc3)cc2)cc1C#N. The number of nitrogens with zero attached hydrogens (tertiary/aromatic N) is 2. The highest BCUT2D eigenvalue weighted by molar-refractivity contribution is 6.09. The summed E-state index contributed by atoms with van der Waals surface area (Å²) in [6, 6.07) is 27.5. The fraction of sp³-hybridized carbons (Fsp3) is 0. The lowest BCUT2D eigenvalue weighted by molar-refractivity contribution is 0.103. The van der Waals surface area contributed by atoms with Gasteiger partial charge in [-0.15, -0.1) is 0 Å². The Labute approximate surface area is 189 Å². The minimum absolute atomic E-state index is 0.167. The van der Waals surface area contributed by atoms with Crippen LogP contribution in [0, 0.1) is 28.5 Å². The molecular formula is C27H15FN2O3. The van der Waals surface area contributed by atoms with E-state index < -0.39 is 0 Å². The molecule has 0 saturated carbocycles. The molecule has 0 amide bonds. The normalized spacial score (nSPS) is 10.0. The van der Waals surface area contributed by atoms with Crippen LogP contribution in [0.15, 0.2) is 91.0 Å². The Bertz CT molecular complexity index is 1380. The van der Waals surface area contributed by atoms with Gasteiger partial charge in [-0.3, -0.25) is 4.79 Å². The summed E-state index contributed by atoms with van der Waals surface area (Å²) in [5.41, 5.74) is 1.47. The van der Waals surface area contributed by atoms with Crippen LogP contribution in [0.25, 0.3) is 0 Å². The molecule has 5 nitrogen and oxygen atoms in total. The molecule has 0 N–H and O–H groups in total. The predicted molar refractivity (Wildman–Crippen MR) is 119 cm³/mol. The third-order valence-electron chi connectivity index (χ3n) is 4.75. The van der Waals surface area contributed by atoms with Gasteiger partial charge in [0, 0.05) is 11.1 Å². The van der Waals surface area contributed by atoms with E-state index in [4.69, 9.17) is 20.0 Å². The van der Waals surface area contributed by atoms with Crippen LogP contribution in [0.5, 0.6) is 23.0 Å². The summed E-state index contributed by atoms with van der Waals surface area (Å²) >= 11 is 0. The van der Waals surface area contributed by atoms with Gasteiger partial charge in [-0.1, -0.05) is 0 Å². The van der Waals surface area contributed by atoms with Gasteiger partial charge >= 0.3 is 0 Å². The molecule has 0 unspecified atom stereocenters. The van der Waals surface area contributed by atoms with E-state index in [0.29, 0.717) is 34.1 Å². The first-order valence-electron chi connectivity index (χ1n) is 9.86. The van der Waals surface area contributed by atoms with Crippen molar-refractivity contribution in [2.24, 2.45) is 0 Å². The van der Waals surface area contributed by atoms with E-state index in [1.54, 1.807) is 54.6 Å². The molecule has 158 valence electrons. The van der Waals surface area contributed by atoms with Crippen LogP contribution >= 0.6 is 0 Å². The van der Waals surface area contributed by atoms with Crippen LogP contribution in [-0.2, 0) is 0 Å². The number of rotatable bonds is 6. The standard InChI is InChI=1S/C27H15FN2O3/c28-22-6-13-25(14-7-22)32-23-8-1-18(2-9-23)27(31)19-3-10-24(11-4-19)33-26-12-5-20(16-29)21(15-26)17-30/h1-15H. The van der Waals surface area contributed by atoms with Gasteiger partial charge in [0.2, 0.25) is 0 Å². The highest BCUT2D eigenvalue weighted by Crippen LogP contribution is 2.26. The van der Waals surface area contributed by atoms with Crippen LogP contribution in [-0.4, -0.2) is 5.78 Å². The molecule has 0 atom stereocenters. The summed E-state index contributed by atoms with van der Waals surface area (Å²) in [5, 5.41) is 18.1. The van der Waals surface area contributed by atoms with Crippen molar-refractivity contribution in [3.05, 3.63) is 119 Å². The maximum absolute atomic E-state index is 13.0. The lowest BCUT2D eigenvalue weighted by Gasteiger charge is -2.08. The van der Waals surface area contributed by atoms with Crippen LogP contribution in [0.4, 0.5) is 4.39 Å². The van der Waals surface area contributed by atoms with Crippen molar-refractivity contribution in [3.63, 3.8) is 0 Å². The third kappa shape index (κ3) is 5.04. The molecule has 0 fully saturated rings. The number of ketones is 1. The smallest absolute Gasteiger partial charge is 0.193 e. The zero-order chi connectivity index (χ0) is 23.2. The Kier molecular flexibility index (Phi) is 6.11. The van der Waals surface area contributed by atoms with E-state index >= 15 is 0 Å². The molecule has 4 rings (SSSR count). The van der Waals surface area contributed by atoms with Gasteiger partial charge in [-0.2, -0.15) is 10.5 Å². The Morgan fingerprint density at radius 3 is 1.52 bits per heavy atom. The number of halogens is 1. The van der Waals surface area contributed by atoms with Gasteiger partial charge in [0.05, 0.1) is 11.1 Å². The van der Waals surface area contributed by atoms with Gasteiger partial charge in [-0.05, 0) is 91.0 Å². The van der Waals surface area contributed by atoms with E-state index in [-0.39, 0.29) is 22.7 Å². The third-order valence-corrected chi connectivity index (χ3v) is 4.75. The van der Waals surface area contributed by atoms with Crippen molar-refractivity contribution >= 4 is 5.78 Å². The lowest BCUT2D eigenvalue weighted by atomic mass is 10.0. The quantitative estimate of drug-likeness (QED) is 0.329. The number of carbonyl (C=O) groups excluding carboxylic acids is 1. The van der Waals surface area contributed by atoms with Gasteiger partial charge in [0.1, 0.15) is 41.0 Å². The van der Waals surface area contributed by atoms with E-state index in [0.717, 1.165) is 0 Å². The maximum atomic E-state index is 13.0. The van der Waals surface area contributed by atoms with Gasteiger partial charge in [0.25, 0.3) is 0 Å². The van der Waals surface area contributed by atoms with E-state index in [1.165, 1.54) is 36.4 Å². The number of nitriles is 2.